The summed E-state index contributed by atoms with van der Waals surface area (Å²) in [7, 11) is 0. The molecular weight excluding hydrogens is 190 g/mol. The molecule has 84 valence electrons. The van der Waals surface area contributed by atoms with E-state index in [0.717, 1.165) is 32.5 Å². The van der Waals surface area contributed by atoms with E-state index in [1.165, 1.54) is 12.8 Å². The number of piperidine rings is 1. The molecule has 0 spiro atoms. The van der Waals surface area contributed by atoms with Crippen molar-refractivity contribution in [1.29, 1.82) is 0 Å². The van der Waals surface area contributed by atoms with Crippen LogP contribution < -0.4 is 5.32 Å². The van der Waals surface area contributed by atoms with E-state index in [0.29, 0.717) is 29.7 Å². The molecule has 3 atom stereocenters. The zero-order valence-electron chi connectivity index (χ0n) is 9.08. The van der Waals surface area contributed by atoms with Crippen LogP contribution in [0.5, 0.6) is 0 Å². The zero-order chi connectivity index (χ0) is 10.3. The van der Waals surface area contributed by atoms with Crippen LogP contribution in [0.2, 0.25) is 0 Å². The van der Waals surface area contributed by atoms with E-state index >= 15 is 0 Å². The molecule has 3 fully saturated rings. The summed E-state index contributed by atoms with van der Waals surface area (Å²) in [5.41, 5.74) is 0. The van der Waals surface area contributed by atoms with Gasteiger partial charge in [-0.2, -0.15) is 0 Å². The molecule has 3 heteroatoms. The Morgan fingerprint density at radius 1 is 1.13 bits per heavy atom. The van der Waals surface area contributed by atoms with Gasteiger partial charge in [0.1, 0.15) is 5.78 Å². The van der Waals surface area contributed by atoms with Crippen molar-refractivity contribution in [2.45, 2.75) is 44.2 Å². The third kappa shape index (κ3) is 1.72. The van der Waals surface area contributed by atoms with Crippen LogP contribution in [0.1, 0.15) is 32.1 Å². The summed E-state index contributed by atoms with van der Waals surface area (Å²) in [6, 6.07) is 0.984. The van der Waals surface area contributed by atoms with Gasteiger partial charge in [0.15, 0.2) is 0 Å². The molecule has 0 radical (unpaired) electrons. The average molecular weight is 209 g/mol. The molecule has 2 bridgehead atoms. The lowest BCUT2D eigenvalue weighted by molar-refractivity contribution is -0.128. The second-order valence-electron chi connectivity index (χ2n) is 5.19. The van der Waals surface area contributed by atoms with Crippen LogP contribution in [0.3, 0.4) is 0 Å². The second-order valence-corrected chi connectivity index (χ2v) is 5.19. The molecule has 0 aromatic carbocycles. The molecule has 3 nitrogen and oxygen atoms in total. The van der Waals surface area contributed by atoms with Gasteiger partial charge < -0.3 is 10.1 Å². The van der Waals surface area contributed by atoms with Crippen LogP contribution in [-0.2, 0) is 9.53 Å². The summed E-state index contributed by atoms with van der Waals surface area (Å²) < 4.78 is 5.37. The highest BCUT2D eigenvalue weighted by Gasteiger charge is 2.44. The first kappa shape index (κ1) is 9.79. The molecule has 0 aromatic rings. The molecule has 0 aliphatic carbocycles. The van der Waals surface area contributed by atoms with E-state index < -0.39 is 0 Å². The fraction of sp³-hybridized carbons (Fsp3) is 0.917. The van der Waals surface area contributed by atoms with Gasteiger partial charge in [0, 0.05) is 37.6 Å². The fourth-order valence-electron chi connectivity index (χ4n) is 3.56. The summed E-state index contributed by atoms with van der Waals surface area (Å²) in [6.07, 6.45) is 5.35. The van der Waals surface area contributed by atoms with Gasteiger partial charge in [-0.3, -0.25) is 4.79 Å². The molecule has 3 unspecified atom stereocenters. The van der Waals surface area contributed by atoms with E-state index in [2.05, 4.69) is 5.32 Å². The van der Waals surface area contributed by atoms with Crippen LogP contribution in [0.25, 0.3) is 0 Å². The number of carbonyl (C=O) groups is 1. The minimum Gasteiger partial charge on any atom is -0.381 e. The first-order valence-corrected chi connectivity index (χ1v) is 6.21. The van der Waals surface area contributed by atoms with Crippen LogP contribution in [0, 0.1) is 11.8 Å². The number of hydrogen-bond donors (Lipinski definition) is 1. The predicted molar refractivity (Wildman–Crippen MR) is 56.6 cm³/mol. The maximum atomic E-state index is 12.1. The maximum absolute atomic E-state index is 12.1. The SMILES string of the molecule is O=C1CC2CCC(N2)C1C1CCOCC1. The summed E-state index contributed by atoms with van der Waals surface area (Å²) in [4.78, 5) is 12.1. The Labute approximate surface area is 90.6 Å². The minimum absolute atomic E-state index is 0.299. The topological polar surface area (TPSA) is 38.3 Å². The number of Topliss-reactive ketones (excluding diaryl/α,β-unsaturated/α-hetero) is 1. The lowest BCUT2D eigenvalue weighted by Crippen LogP contribution is -2.49. The van der Waals surface area contributed by atoms with Gasteiger partial charge in [-0.15, -0.1) is 0 Å². The quantitative estimate of drug-likeness (QED) is 0.703. The normalized spacial score (nSPS) is 42.1. The molecule has 3 rings (SSSR count). The largest absolute Gasteiger partial charge is 0.381 e. The summed E-state index contributed by atoms with van der Waals surface area (Å²) in [6.45, 7) is 1.70. The monoisotopic (exact) mass is 209 g/mol. The first-order chi connectivity index (χ1) is 7.34. The number of carbonyl (C=O) groups excluding carboxylic acids is 1. The minimum atomic E-state index is 0.299. The molecule has 3 aliphatic heterocycles. The standard InChI is InChI=1S/C12H19NO2/c14-11-7-9-1-2-10(13-9)12(11)8-3-5-15-6-4-8/h8-10,12-13H,1-7H2. The molecule has 3 aliphatic rings. The highest BCUT2D eigenvalue weighted by Crippen LogP contribution is 2.37. The van der Waals surface area contributed by atoms with Crippen molar-refractivity contribution in [2.24, 2.45) is 11.8 Å². The van der Waals surface area contributed by atoms with Crippen molar-refractivity contribution >= 4 is 5.78 Å². The van der Waals surface area contributed by atoms with E-state index in [9.17, 15) is 4.79 Å². The molecule has 1 N–H and O–H groups in total. The van der Waals surface area contributed by atoms with Crippen LogP contribution in [-0.4, -0.2) is 31.1 Å². The van der Waals surface area contributed by atoms with Crippen LogP contribution >= 0.6 is 0 Å². The number of ketones is 1. The van der Waals surface area contributed by atoms with Crippen molar-refractivity contribution in [3.8, 4) is 0 Å². The zero-order valence-corrected chi connectivity index (χ0v) is 9.08. The Morgan fingerprint density at radius 2 is 1.93 bits per heavy atom. The van der Waals surface area contributed by atoms with Crippen LogP contribution in [0.15, 0.2) is 0 Å². The first-order valence-electron chi connectivity index (χ1n) is 6.21. The predicted octanol–water partition coefficient (Wildman–Crippen LogP) is 1.12. The lowest BCUT2D eigenvalue weighted by atomic mass is 9.76. The molecule has 3 saturated heterocycles. The van der Waals surface area contributed by atoms with Gasteiger partial charge >= 0.3 is 0 Å². The highest BCUT2D eigenvalue weighted by atomic mass is 16.5. The number of rotatable bonds is 1. The number of fused-ring (bicyclic) bond motifs is 2. The van der Waals surface area contributed by atoms with Gasteiger partial charge in [-0.1, -0.05) is 0 Å². The van der Waals surface area contributed by atoms with E-state index in [4.69, 9.17) is 4.74 Å². The molecule has 0 saturated carbocycles. The molecule has 0 amide bonds. The smallest absolute Gasteiger partial charge is 0.139 e. The van der Waals surface area contributed by atoms with Crippen molar-refractivity contribution in [2.75, 3.05) is 13.2 Å². The van der Waals surface area contributed by atoms with Crippen molar-refractivity contribution in [3.05, 3.63) is 0 Å². The molecule has 3 heterocycles. The molecule has 0 aromatic heterocycles. The van der Waals surface area contributed by atoms with E-state index in [1.807, 2.05) is 0 Å². The van der Waals surface area contributed by atoms with Crippen molar-refractivity contribution < 1.29 is 9.53 Å². The Bertz CT molecular complexity index is 260. The van der Waals surface area contributed by atoms with Gasteiger partial charge in [-0.25, -0.2) is 0 Å². The van der Waals surface area contributed by atoms with E-state index in [-0.39, 0.29) is 0 Å². The molecule has 15 heavy (non-hydrogen) atoms. The summed E-state index contributed by atoms with van der Waals surface area (Å²) >= 11 is 0. The Morgan fingerprint density at radius 3 is 2.73 bits per heavy atom. The summed E-state index contributed by atoms with van der Waals surface area (Å²) in [5, 5.41) is 3.61. The highest BCUT2D eigenvalue weighted by molar-refractivity contribution is 5.84. The molecular formula is C12H19NO2. The maximum Gasteiger partial charge on any atom is 0.139 e. The van der Waals surface area contributed by atoms with Crippen LogP contribution in [0.4, 0.5) is 0 Å². The van der Waals surface area contributed by atoms with E-state index in [1.54, 1.807) is 0 Å². The third-order valence-electron chi connectivity index (χ3n) is 4.30. The Hall–Kier alpha value is -0.410. The Kier molecular flexibility index (Phi) is 2.53. The number of hydrogen-bond acceptors (Lipinski definition) is 3. The second kappa shape index (κ2) is 3.87. The van der Waals surface area contributed by atoms with Gasteiger partial charge in [0.05, 0.1) is 0 Å². The lowest BCUT2D eigenvalue weighted by Gasteiger charge is -2.36. The van der Waals surface area contributed by atoms with Crippen molar-refractivity contribution in [3.63, 3.8) is 0 Å². The number of ether oxygens (including phenoxy) is 1. The third-order valence-corrected chi connectivity index (χ3v) is 4.30. The van der Waals surface area contributed by atoms with Crippen molar-refractivity contribution in [1.82, 2.24) is 5.32 Å². The number of nitrogens with one attached hydrogen (secondary N) is 1. The Balaban J connectivity index is 1.74. The fourth-order valence-corrected chi connectivity index (χ4v) is 3.56. The summed E-state index contributed by atoms with van der Waals surface area (Å²) in [5.74, 6) is 1.41. The van der Waals surface area contributed by atoms with Gasteiger partial charge in [-0.05, 0) is 31.6 Å². The van der Waals surface area contributed by atoms with Gasteiger partial charge in [0.25, 0.3) is 0 Å². The average Bonchev–Trinajstić information content (AvgIpc) is 2.62. The van der Waals surface area contributed by atoms with Gasteiger partial charge in [0.2, 0.25) is 0 Å².